The van der Waals surface area contributed by atoms with Crippen LogP contribution in [0.3, 0.4) is 0 Å². The Labute approximate surface area is 100 Å². The lowest BCUT2D eigenvalue weighted by molar-refractivity contribution is 0.584. The van der Waals surface area contributed by atoms with Gasteiger partial charge in [0.2, 0.25) is 0 Å². The molecule has 0 spiro atoms. The third-order valence-corrected chi connectivity index (χ3v) is 4.90. The zero-order valence-electron chi connectivity index (χ0n) is 9.80. The molecule has 0 radical (unpaired) electrons. The monoisotopic (exact) mass is 253 g/mol. The minimum Gasteiger partial charge on any atom is -0.464 e. The van der Waals surface area contributed by atoms with Crippen molar-refractivity contribution in [3.8, 4) is 0 Å². The molecule has 0 aliphatic rings. The normalized spacial score (nSPS) is 12.4. The molecule has 0 unspecified atom stereocenters. The number of fused-ring (bicyclic) bond motifs is 1. The fraction of sp³-hybridized carbons (Fsp3) is 0.333. The molecule has 0 saturated carbocycles. The van der Waals surface area contributed by atoms with Crippen molar-refractivity contribution in [2.75, 3.05) is 5.73 Å². The van der Waals surface area contributed by atoms with Gasteiger partial charge in [-0.05, 0) is 26.0 Å². The van der Waals surface area contributed by atoms with E-state index in [-0.39, 0.29) is 11.0 Å². The molecule has 2 N–H and O–H groups in total. The number of nitrogens with two attached hydrogens (primary N) is 1. The average molecular weight is 253 g/mol. The molecule has 17 heavy (non-hydrogen) atoms. The highest BCUT2D eigenvalue weighted by molar-refractivity contribution is 7.91. The van der Waals surface area contributed by atoms with Gasteiger partial charge in [0, 0.05) is 22.7 Å². The summed E-state index contributed by atoms with van der Waals surface area (Å²) >= 11 is 0. The maximum absolute atomic E-state index is 11.8. The Morgan fingerprint density at radius 1 is 1.35 bits per heavy atom. The first kappa shape index (κ1) is 12.0. The predicted octanol–water partition coefficient (Wildman–Crippen LogP) is 2.34. The molecule has 5 heteroatoms. The molecule has 0 saturated heterocycles. The fourth-order valence-corrected chi connectivity index (χ4v) is 2.59. The Balaban J connectivity index is 2.45. The molecular formula is C12H15NO3S. The first-order valence-electron chi connectivity index (χ1n) is 5.37. The zero-order valence-corrected chi connectivity index (χ0v) is 10.6. The summed E-state index contributed by atoms with van der Waals surface area (Å²) in [5.41, 5.74) is 7.54. The van der Waals surface area contributed by atoms with Crippen LogP contribution < -0.4 is 5.73 Å². The van der Waals surface area contributed by atoms with E-state index in [0.717, 1.165) is 5.39 Å². The number of nitrogen functional groups attached to an aromatic ring is 1. The van der Waals surface area contributed by atoms with E-state index < -0.39 is 9.84 Å². The summed E-state index contributed by atoms with van der Waals surface area (Å²) in [6.07, 6.45) is 1.49. The van der Waals surface area contributed by atoms with Crippen LogP contribution in [-0.2, 0) is 15.6 Å². The smallest absolute Gasteiger partial charge is 0.156 e. The minimum atomic E-state index is -3.11. The van der Waals surface area contributed by atoms with Crippen LogP contribution >= 0.6 is 0 Å². The molecule has 2 aromatic rings. The third-order valence-electron chi connectivity index (χ3n) is 2.75. The Kier molecular flexibility index (Phi) is 2.87. The maximum atomic E-state index is 11.8. The highest BCUT2D eigenvalue weighted by atomic mass is 32.2. The molecule has 2 rings (SSSR count). The molecule has 1 aromatic heterocycles. The Morgan fingerprint density at radius 2 is 2.06 bits per heavy atom. The van der Waals surface area contributed by atoms with Crippen LogP contribution in [0, 0.1) is 0 Å². The lowest BCUT2D eigenvalue weighted by atomic mass is 10.2. The molecule has 4 nitrogen and oxygen atoms in total. The number of rotatable bonds is 3. The van der Waals surface area contributed by atoms with Crippen molar-refractivity contribution in [2.24, 2.45) is 0 Å². The van der Waals surface area contributed by atoms with Crippen molar-refractivity contribution in [3.05, 3.63) is 30.0 Å². The molecular weight excluding hydrogens is 238 g/mol. The lowest BCUT2D eigenvalue weighted by Crippen LogP contribution is -2.15. The molecule has 0 amide bonds. The Hall–Kier alpha value is -1.49. The molecule has 1 heterocycles. The average Bonchev–Trinajstić information content (AvgIpc) is 2.60. The summed E-state index contributed by atoms with van der Waals surface area (Å²) < 4.78 is 29.0. The van der Waals surface area contributed by atoms with Crippen LogP contribution in [-0.4, -0.2) is 13.7 Å². The second-order valence-corrected chi connectivity index (χ2v) is 6.93. The first-order chi connectivity index (χ1) is 7.90. The molecule has 92 valence electrons. The second-order valence-electron chi connectivity index (χ2n) is 4.37. The summed E-state index contributed by atoms with van der Waals surface area (Å²) in [7, 11) is -3.11. The van der Waals surface area contributed by atoms with Gasteiger partial charge in [-0.2, -0.15) is 0 Å². The van der Waals surface area contributed by atoms with Crippen LogP contribution in [0.25, 0.3) is 11.0 Å². The minimum absolute atomic E-state index is 0.00157. The molecule has 0 bridgehead atoms. The molecule has 0 fully saturated rings. The van der Waals surface area contributed by atoms with Crippen molar-refractivity contribution >= 4 is 26.5 Å². The van der Waals surface area contributed by atoms with Crippen LogP contribution in [0.5, 0.6) is 0 Å². The SMILES string of the molecule is CC(C)S(=O)(=O)Cc1coc2cc(N)ccc12. The standard InChI is InChI=1S/C12H15NO3S/c1-8(2)17(14,15)7-9-6-16-12-5-10(13)3-4-11(9)12/h3-6,8H,7,13H2,1-2H3. The second kappa shape index (κ2) is 4.07. The topological polar surface area (TPSA) is 73.3 Å². The van der Waals surface area contributed by atoms with Crippen molar-refractivity contribution in [3.63, 3.8) is 0 Å². The van der Waals surface area contributed by atoms with E-state index in [0.29, 0.717) is 16.8 Å². The van der Waals surface area contributed by atoms with Crippen molar-refractivity contribution in [2.45, 2.75) is 24.9 Å². The maximum Gasteiger partial charge on any atom is 0.156 e. The summed E-state index contributed by atoms with van der Waals surface area (Å²) in [4.78, 5) is 0. The largest absolute Gasteiger partial charge is 0.464 e. The highest BCUT2D eigenvalue weighted by Crippen LogP contribution is 2.25. The summed E-state index contributed by atoms with van der Waals surface area (Å²) in [5.74, 6) is 0.00157. The van der Waals surface area contributed by atoms with E-state index in [1.54, 1.807) is 32.0 Å². The van der Waals surface area contributed by atoms with Crippen LogP contribution in [0.1, 0.15) is 19.4 Å². The summed E-state index contributed by atoms with van der Waals surface area (Å²) in [6, 6.07) is 5.23. The molecule has 0 aliphatic heterocycles. The molecule has 1 aromatic carbocycles. The Morgan fingerprint density at radius 3 is 2.71 bits per heavy atom. The van der Waals surface area contributed by atoms with Crippen molar-refractivity contribution in [1.82, 2.24) is 0 Å². The van der Waals surface area contributed by atoms with Gasteiger partial charge in [0.05, 0.1) is 17.3 Å². The van der Waals surface area contributed by atoms with Gasteiger partial charge < -0.3 is 10.2 Å². The van der Waals surface area contributed by atoms with Gasteiger partial charge in [-0.25, -0.2) is 8.42 Å². The van der Waals surface area contributed by atoms with E-state index in [2.05, 4.69) is 0 Å². The summed E-state index contributed by atoms with van der Waals surface area (Å²) in [6.45, 7) is 3.35. The van der Waals surface area contributed by atoms with E-state index in [4.69, 9.17) is 10.2 Å². The van der Waals surface area contributed by atoms with E-state index in [9.17, 15) is 8.42 Å². The van der Waals surface area contributed by atoms with Crippen LogP contribution in [0.2, 0.25) is 0 Å². The van der Waals surface area contributed by atoms with Crippen LogP contribution in [0.4, 0.5) is 5.69 Å². The van der Waals surface area contributed by atoms with Crippen molar-refractivity contribution < 1.29 is 12.8 Å². The number of sulfone groups is 1. The lowest BCUT2D eigenvalue weighted by Gasteiger charge is -2.05. The predicted molar refractivity (Wildman–Crippen MR) is 68.4 cm³/mol. The van der Waals surface area contributed by atoms with Gasteiger partial charge in [-0.15, -0.1) is 0 Å². The molecule has 0 aliphatic carbocycles. The van der Waals surface area contributed by atoms with Gasteiger partial charge in [-0.1, -0.05) is 0 Å². The Bertz CT molecular complexity index is 641. The molecule has 0 atom stereocenters. The fourth-order valence-electron chi connectivity index (χ4n) is 1.59. The number of hydrogen-bond donors (Lipinski definition) is 1. The van der Waals surface area contributed by atoms with Gasteiger partial charge in [0.25, 0.3) is 0 Å². The third kappa shape index (κ3) is 2.29. The first-order valence-corrected chi connectivity index (χ1v) is 7.09. The van der Waals surface area contributed by atoms with Gasteiger partial charge >= 0.3 is 0 Å². The number of benzene rings is 1. The van der Waals surface area contributed by atoms with Crippen LogP contribution in [0.15, 0.2) is 28.9 Å². The van der Waals surface area contributed by atoms with E-state index >= 15 is 0 Å². The van der Waals surface area contributed by atoms with Crippen molar-refractivity contribution in [1.29, 1.82) is 0 Å². The number of hydrogen-bond acceptors (Lipinski definition) is 4. The quantitative estimate of drug-likeness (QED) is 0.852. The van der Waals surface area contributed by atoms with E-state index in [1.165, 1.54) is 6.26 Å². The van der Waals surface area contributed by atoms with E-state index in [1.807, 2.05) is 0 Å². The van der Waals surface area contributed by atoms with Gasteiger partial charge in [-0.3, -0.25) is 0 Å². The number of anilines is 1. The summed E-state index contributed by atoms with van der Waals surface area (Å²) in [5, 5.41) is 0.421. The highest BCUT2D eigenvalue weighted by Gasteiger charge is 2.19. The number of furan rings is 1. The van der Waals surface area contributed by atoms with Gasteiger partial charge in [0.1, 0.15) is 5.58 Å². The van der Waals surface area contributed by atoms with Gasteiger partial charge in [0.15, 0.2) is 9.84 Å². The zero-order chi connectivity index (χ0) is 12.6.